The molecule has 2 amide bonds. The number of hydrogen-bond acceptors (Lipinski definition) is 7. The van der Waals surface area contributed by atoms with E-state index in [9.17, 15) is 13.2 Å². The first kappa shape index (κ1) is 26.8. The van der Waals surface area contributed by atoms with Crippen molar-refractivity contribution in [1.29, 1.82) is 0 Å². The first-order chi connectivity index (χ1) is 19.3. The molecule has 1 aromatic heterocycles. The number of aromatic nitrogens is 2. The Labute approximate surface area is 235 Å². The van der Waals surface area contributed by atoms with E-state index < -0.39 is 10.0 Å². The highest BCUT2D eigenvalue weighted by molar-refractivity contribution is 7.88. The number of urea groups is 1. The highest BCUT2D eigenvalue weighted by Gasteiger charge is 2.30. The molecule has 0 aliphatic carbocycles. The number of carbonyl (C=O) groups excluding carboxylic acids is 1. The van der Waals surface area contributed by atoms with E-state index in [1.807, 2.05) is 35.2 Å². The molecular formula is C29H36N6O4S. The predicted octanol–water partition coefficient (Wildman–Crippen LogP) is 4.05. The Bertz CT molecular complexity index is 1470. The van der Waals surface area contributed by atoms with Crippen LogP contribution >= 0.6 is 0 Å². The molecule has 0 radical (unpaired) electrons. The topological polar surface area (TPSA) is 108 Å². The lowest BCUT2D eigenvalue weighted by Gasteiger charge is -2.32. The molecule has 4 heterocycles. The number of sulfonamides is 1. The fourth-order valence-corrected chi connectivity index (χ4v) is 6.91. The van der Waals surface area contributed by atoms with Gasteiger partial charge >= 0.3 is 6.03 Å². The maximum atomic E-state index is 12.9. The number of likely N-dealkylation sites (tertiary alicyclic amines) is 1. The molecule has 0 spiro atoms. The number of fused-ring (bicyclic) bond motifs is 1. The number of rotatable bonds is 6. The summed E-state index contributed by atoms with van der Waals surface area (Å²) in [5.74, 6) is 0.914. The zero-order chi connectivity index (χ0) is 27.7. The molecule has 0 saturated carbocycles. The van der Waals surface area contributed by atoms with Crippen molar-refractivity contribution in [2.45, 2.75) is 44.1 Å². The van der Waals surface area contributed by atoms with Gasteiger partial charge in [0.05, 0.1) is 24.0 Å². The summed E-state index contributed by atoms with van der Waals surface area (Å²) < 4.78 is 31.2. The van der Waals surface area contributed by atoms with Crippen LogP contribution in [0, 0.1) is 0 Å². The van der Waals surface area contributed by atoms with Gasteiger partial charge in [0, 0.05) is 61.5 Å². The number of amides is 2. The summed E-state index contributed by atoms with van der Waals surface area (Å²) in [6, 6.07) is 13.9. The number of hydrogen-bond donors (Lipinski definition) is 1. The summed E-state index contributed by atoms with van der Waals surface area (Å²) in [4.78, 5) is 26.3. The smallest absolute Gasteiger partial charge is 0.321 e. The van der Waals surface area contributed by atoms with Gasteiger partial charge in [0.2, 0.25) is 10.0 Å². The SMILES string of the molecule is CS(=O)(=O)N1CC[C@@H](Oc2ccc3c(C4CCN(C(=O)Nc5ccc(N6CCCC6)cc5)CC4)ncnc3c2)C1. The molecular weight excluding hydrogens is 528 g/mol. The minimum atomic E-state index is -3.21. The standard InChI is InChI=1S/C29H36N6O4S/c1-40(37,38)35-17-12-25(19-35)39-24-8-9-26-27(18-24)30-20-31-28(26)21-10-15-34(16-11-21)29(36)32-22-4-6-23(7-5-22)33-13-2-3-14-33/h4-9,18,20-21,25H,2-3,10-17,19H2,1H3,(H,32,36)/t25-/m1/s1. The van der Waals surface area contributed by atoms with Crippen LogP contribution in [0.15, 0.2) is 48.8 Å². The van der Waals surface area contributed by atoms with E-state index in [2.05, 4.69) is 32.3 Å². The largest absolute Gasteiger partial charge is 0.489 e. The average molecular weight is 565 g/mol. The van der Waals surface area contributed by atoms with Crippen molar-refractivity contribution in [2.75, 3.05) is 55.7 Å². The maximum absolute atomic E-state index is 12.9. The Morgan fingerprint density at radius 2 is 1.70 bits per heavy atom. The van der Waals surface area contributed by atoms with E-state index in [1.54, 1.807) is 6.33 Å². The number of ether oxygens (including phenoxy) is 1. The number of benzene rings is 2. The Morgan fingerprint density at radius 1 is 0.950 bits per heavy atom. The van der Waals surface area contributed by atoms with E-state index in [4.69, 9.17) is 4.74 Å². The van der Waals surface area contributed by atoms with Crippen LogP contribution in [-0.4, -0.2) is 85.3 Å². The number of piperidine rings is 1. The van der Waals surface area contributed by atoms with Crippen LogP contribution in [0.2, 0.25) is 0 Å². The second-order valence-electron chi connectivity index (χ2n) is 11.0. The van der Waals surface area contributed by atoms with Gasteiger partial charge in [-0.15, -0.1) is 0 Å². The highest BCUT2D eigenvalue weighted by Crippen LogP contribution is 2.33. The van der Waals surface area contributed by atoms with Crippen LogP contribution in [0.5, 0.6) is 5.75 Å². The summed E-state index contributed by atoms with van der Waals surface area (Å²) >= 11 is 0. The molecule has 3 aromatic rings. The molecule has 2 aromatic carbocycles. The zero-order valence-corrected chi connectivity index (χ0v) is 23.6. The third kappa shape index (κ3) is 5.85. The van der Waals surface area contributed by atoms with Crippen molar-refractivity contribution in [2.24, 2.45) is 0 Å². The molecule has 3 aliphatic heterocycles. The maximum Gasteiger partial charge on any atom is 0.321 e. The van der Waals surface area contributed by atoms with Gasteiger partial charge in [-0.2, -0.15) is 4.31 Å². The fourth-order valence-electron chi connectivity index (χ4n) is 6.03. The monoisotopic (exact) mass is 564 g/mol. The summed E-state index contributed by atoms with van der Waals surface area (Å²) in [6.07, 6.45) is 7.45. The number of carbonyl (C=O) groups is 1. The van der Waals surface area contributed by atoms with Crippen LogP contribution in [0.1, 0.15) is 43.7 Å². The van der Waals surface area contributed by atoms with Gasteiger partial charge in [-0.25, -0.2) is 23.2 Å². The third-order valence-corrected chi connectivity index (χ3v) is 9.55. The summed E-state index contributed by atoms with van der Waals surface area (Å²) in [6.45, 7) is 4.36. The molecule has 6 rings (SSSR count). The van der Waals surface area contributed by atoms with Crippen molar-refractivity contribution in [3.8, 4) is 5.75 Å². The summed E-state index contributed by atoms with van der Waals surface area (Å²) in [5.41, 5.74) is 3.83. The van der Waals surface area contributed by atoms with Gasteiger partial charge < -0.3 is 19.9 Å². The quantitative estimate of drug-likeness (QED) is 0.481. The Balaban J connectivity index is 1.05. The Kier molecular flexibility index (Phi) is 7.50. The predicted molar refractivity (Wildman–Crippen MR) is 155 cm³/mol. The summed E-state index contributed by atoms with van der Waals surface area (Å²) in [5, 5.41) is 4.04. The van der Waals surface area contributed by atoms with E-state index >= 15 is 0 Å². The number of nitrogens with one attached hydrogen (secondary N) is 1. The average Bonchev–Trinajstić information content (AvgIpc) is 3.66. The lowest BCUT2D eigenvalue weighted by molar-refractivity contribution is 0.194. The van der Waals surface area contributed by atoms with Gasteiger partial charge in [-0.1, -0.05) is 0 Å². The molecule has 212 valence electrons. The van der Waals surface area contributed by atoms with Crippen molar-refractivity contribution >= 4 is 38.3 Å². The van der Waals surface area contributed by atoms with Crippen LogP contribution in [0.4, 0.5) is 16.2 Å². The molecule has 1 N–H and O–H groups in total. The minimum absolute atomic E-state index is 0.0666. The van der Waals surface area contributed by atoms with E-state index in [-0.39, 0.29) is 18.1 Å². The molecule has 3 fully saturated rings. The molecule has 10 nitrogen and oxygen atoms in total. The van der Waals surface area contributed by atoms with Crippen molar-refractivity contribution in [3.05, 3.63) is 54.5 Å². The molecule has 3 aliphatic rings. The highest BCUT2D eigenvalue weighted by atomic mass is 32.2. The van der Waals surface area contributed by atoms with Crippen LogP contribution in [-0.2, 0) is 10.0 Å². The normalized spacial score (nSPS) is 20.8. The lowest BCUT2D eigenvalue weighted by atomic mass is 9.91. The lowest BCUT2D eigenvalue weighted by Crippen LogP contribution is -2.40. The third-order valence-electron chi connectivity index (χ3n) is 8.28. The van der Waals surface area contributed by atoms with Crippen LogP contribution < -0.4 is 15.0 Å². The molecule has 11 heteroatoms. The fraction of sp³-hybridized carbons (Fsp3) is 0.483. The van der Waals surface area contributed by atoms with Crippen LogP contribution in [0.25, 0.3) is 10.9 Å². The minimum Gasteiger partial charge on any atom is -0.489 e. The Hall–Kier alpha value is -3.44. The molecule has 1 atom stereocenters. The molecule has 3 saturated heterocycles. The first-order valence-corrected chi connectivity index (χ1v) is 16.0. The number of nitrogens with zero attached hydrogens (tertiary/aromatic N) is 5. The van der Waals surface area contributed by atoms with E-state index in [1.165, 1.54) is 29.1 Å². The van der Waals surface area contributed by atoms with Gasteiger partial charge in [-0.05, 0) is 68.5 Å². The number of anilines is 2. The van der Waals surface area contributed by atoms with Crippen molar-refractivity contribution in [3.63, 3.8) is 0 Å². The van der Waals surface area contributed by atoms with E-state index in [0.29, 0.717) is 38.3 Å². The van der Waals surface area contributed by atoms with Crippen molar-refractivity contribution in [1.82, 2.24) is 19.2 Å². The molecule has 40 heavy (non-hydrogen) atoms. The van der Waals surface area contributed by atoms with Gasteiger partial charge in [0.25, 0.3) is 0 Å². The van der Waals surface area contributed by atoms with E-state index in [0.717, 1.165) is 48.2 Å². The van der Waals surface area contributed by atoms with Crippen LogP contribution in [0.3, 0.4) is 0 Å². The molecule has 0 unspecified atom stereocenters. The Morgan fingerprint density at radius 3 is 2.40 bits per heavy atom. The molecule has 0 bridgehead atoms. The zero-order valence-electron chi connectivity index (χ0n) is 22.8. The van der Waals surface area contributed by atoms with Gasteiger partial charge in [0.1, 0.15) is 18.2 Å². The van der Waals surface area contributed by atoms with Gasteiger partial charge in [-0.3, -0.25) is 0 Å². The second kappa shape index (κ2) is 11.2. The van der Waals surface area contributed by atoms with Crippen molar-refractivity contribution < 1.29 is 17.9 Å². The van der Waals surface area contributed by atoms with Gasteiger partial charge in [0.15, 0.2) is 0 Å². The first-order valence-electron chi connectivity index (χ1n) is 14.1. The second-order valence-corrected chi connectivity index (χ2v) is 13.0. The summed E-state index contributed by atoms with van der Waals surface area (Å²) in [7, 11) is -3.21.